The maximum atomic E-state index is 11.6. The van der Waals surface area contributed by atoms with Crippen LogP contribution in [0.2, 0.25) is 0 Å². The molecule has 0 amide bonds. The van der Waals surface area contributed by atoms with Gasteiger partial charge in [0.05, 0.1) is 12.2 Å². The summed E-state index contributed by atoms with van der Waals surface area (Å²) in [6.07, 6.45) is 1.04. The molecule has 0 aromatic heterocycles. The van der Waals surface area contributed by atoms with Crippen LogP contribution in [0.15, 0.2) is 52.3 Å². The molecule has 0 atom stereocenters. The minimum Gasteiger partial charge on any atom is -0.462 e. The number of aryl methyl sites for hydroxylation is 1. The summed E-state index contributed by atoms with van der Waals surface area (Å²) < 4.78 is 6.29. The highest BCUT2D eigenvalue weighted by Gasteiger charge is 2.07. The van der Waals surface area contributed by atoms with Crippen molar-refractivity contribution in [2.75, 3.05) is 6.61 Å². The molecule has 4 heteroatoms. The Morgan fingerprint density at radius 3 is 2.38 bits per heavy atom. The normalized spacial score (nSPS) is 10.4. The second-order valence-electron chi connectivity index (χ2n) is 4.45. The Balaban J connectivity index is 2.11. The highest BCUT2D eigenvalue weighted by Crippen LogP contribution is 2.30. The van der Waals surface area contributed by atoms with Crippen molar-refractivity contribution in [2.45, 2.75) is 30.1 Å². The Morgan fingerprint density at radius 2 is 1.76 bits per heavy atom. The number of halogens is 1. The second kappa shape index (κ2) is 7.84. The first-order chi connectivity index (χ1) is 10.1. The van der Waals surface area contributed by atoms with Crippen molar-refractivity contribution in [3.8, 4) is 0 Å². The van der Waals surface area contributed by atoms with Crippen molar-refractivity contribution in [2.24, 2.45) is 0 Å². The maximum Gasteiger partial charge on any atom is 0.338 e. The number of esters is 1. The molecule has 2 rings (SSSR count). The first-order valence-corrected chi connectivity index (χ1v) is 8.77. The van der Waals surface area contributed by atoms with Crippen LogP contribution >= 0.6 is 34.4 Å². The minimum atomic E-state index is -0.267. The maximum absolute atomic E-state index is 11.6. The Bertz CT molecular complexity index is 623. The van der Waals surface area contributed by atoms with Gasteiger partial charge in [0.25, 0.3) is 0 Å². The van der Waals surface area contributed by atoms with Gasteiger partial charge in [-0.1, -0.05) is 18.7 Å². The fourth-order valence-electron chi connectivity index (χ4n) is 1.90. The van der Waals surface area contributed by atoms with Crippen LogP contribution in [0.5, 0.6) is 0 Å². The molecule has 0 fully saturated rings. The van der Waals surface area contributed by atoms with Crippen molar-refractivity contribution < 1.29 is 9.53 Å². The molecule has 0 unspecified atom stereocenters. The minimum absolute atomic E-state index is 0.267. The molecule has 0 aliphatic carbocycles. The lowest BCUT2D eigenvalue weighted by Crippen LogP contribution is -2.03. The number of carbonyl (C=O) groups excluding carboxylic acids is 1. The summed E-state index contributed by atoms with van der Waals surface area (Å²) in [5.74, 6) is -0.267. The number of rotatable bonds is 5. The van der Waals surface area contributed by atoms with E-state index in [4.69, 9.17) is 4.74 Å². The van der Waals surface area contributed by atoms with E-state index in [0.29, 0.717) is 12.2 Å². The quantitative estimate of drug-likeness (QED) is 0.500. The van der Waals surface area contributed by atoms with Gasteiger partial charge < -0.3 is 4.74 Å². The lowest BCUT2D eigenvalue weighted by atomic mass is 10.2. The average Bonchev–Trinajstić information content (AvgIpc) is 2.50. The predicted molar refractivity (Wildman–Crippen MR) is 95.1 cm³/mol. The smallest absolute Gasteiger partial charge is 0.338 e. The second-order valence-corrected chi connectivity index (χ2v) is 6.76. The summed E-state index contributed by atoms with van der Waals surface area (Å²) in [7, 11) is 0. The molecule has 2 aromatic carbocycles. The molecule has 0 radical (unpaired) electrons. The summed E-state index contributed by atoms with van der Waals surface area (Å²) in [6, 6.07) is 14.0. The van der Waals surface area contributed by atoms with Gasteiger partial charge in [-0.05, 0) is 84.0 Å². The number of hydrogen-bond donors (Lipinski definition) is 0. The number of ether oxygens (including phenoxy) is 1. The van der Waals surface area contributed by atoms with Crippen LogP contribution in [-0.4, -0.2) is 12.6 Å². The van der Waals surface area contributed by atoms with E-state index in [9.17, 15) is 4.79 Å². The van der Waals surface area contributed by atoms with E-state index in [1.165, 1.54) is 14.0 Å². The van der Waals surface area contributed by atoms with Gasteiger partial charge in [-0.25, -0.2) is 4.79 Å². The Kier molecular flexibility index (Phi) is 6.11. The third kappa shape index (κ3) is 4.48. The van der Waals surface area contributed by atoms with Gasteiger partial charge in [0, 0.05) is 13.4 Å². The molecule has 0 bridgehead atoms. The van der Waals surface area contributed by atoms with E-state index in [0.717, 1.165) is 11.3 Å². The topological polar surface area (TPSA) is 26.3 Å². The van der Waals surface area contributed by atoms with Crippen molar-refractivity contribution >= 4 is 40.3 Å². The third-order valence-corrected chi connectivity index (χ3v) is 5.05. The zero-order valence-corrected chi connectivity index (χ0v) is 15.0. The summed E-state index contributed by atoms with van der Waals surface area (Å²) in [4.78, 5) is 13.9. The summed E-state index contributed by atoms with van der Waals surface area (Å²) >= 11 is 4.07. The van der Waals surface area contributed by atoms with E-state index in [2.05, 4.69) is 47.7 Å². The van der Waals surface area contributed by atoms with E-state index in [1.807, 2.05) is 31.2 Å². The third-order valence-electron chi connectivity index (χ3n) is 3.00. The van der Waals surface area contributed by atoms with Gasteiger partial charge in [0.1, 0.15) is 0 Å². The first-order valence-electron chi connectivity index (χ1n) is 6.87. The van der Waals surface area contributed by atoms with Gasteiger partial charge in [-0.3, -0.25) is 0 Å². The molecule has 2 aromatic rings. The van der Waals surface area contributed by atoms with Crippen molar-refractivity contribution in [3.63, 3.8) is 0 Å². The molecule has 0 aliphatic heterocycles. The van der Waals surface area contributed by atoms with Crippen LogP contribution in [-0.2, 0) is 11.2 Å². The zero-order valence-electron chi connectivity index (χ0n) is 12.1. The van der Waals surface area contributed by atoms with E-state index in [-0.39, 0.29) is 5.97 Å². The predicted octanol–water partition coefficient (Wildman–Crippen LogP) is 5.18. The van der Waals surface area contributed by atoms with Crippen molar-refractivity contribution in [3.05, 3.63) is 57.2 Å². The number of benzene rings is 2. The standard InChI is InChI=1S/C17H17IO2S/c1-3-12-11-15(9-10-16(12)18)21-14-7-5-13(6-8-14)17(19)20-4-2/h5-11H,3-4H2,1-2H3. The SMILES string of the molecule is CCOC(=O)c1ccc(Sc2ccc(I)c(CC)c2)cc1. The Hall–Kier alpha value is -1.01. The average molecular weight is 412 g/mol. The Morgan fingerprint density at radius 1 is 1.10 bits per heavy atom. The molecular weight excluding hydrogens is 395 g/mol. The van der Waals surface area contributed by atoms with Crippen LogP contribution < -0.4 is 0 Å². The highest BCUT2D eigenvalue weighted by atomic mass is 127. The van der Waals surface area contributed by atoms with Crippen molar-refractivity contribution in [1.82, 2.24) is 0 Å². The molecule has 0 aliphatic rings. The van der Waals surface area contributed by atoms with E-state index in [1.54, 1.807) is 11.8 Å². The fraction of sp³-hybridized carbons (Fsp3) is 0.235. The largest absolute Gasteiger partial charge is 0.462 e. The Labute approximate surface area is 143 Å². The van der Waals surface area contributed by atoms with Gasteiger partial charge in [-0.15, -0.1) is 0 Å². The zero-order chi connectivity index (χ0) is 15.2. The molecule has 0 saturated carbocycles. The lowest BCUT2D eigenvalue weighted by Gasteiger charge is -2.07. The van der Waals surface area contributed by atoms with Gasteiger partial charge in [-0.2, -0.15) is 0 Å². The summed E-state index contributed by atoms with van der Waals surface area (Å²) in [6.45, 7) is 4.38. The van der Waals surface area contributed by atoms with Crippen LogP contribution in [0, 0.1) is 3.57 Å². The number of carbonyl (C=O) groups is 1. The van der Waals surface area contributed by atoms with Crippen LogP contribution in [0.25, 0.3) is 0 Å². The van der Waals surface area contributed by atoms with Gasteiger partial charge in [0.2, 0.25) is 0 Å². The van der Waals surface area contributed by atoms with Crippen LogP contribution in [0.4, 0.5) is 0 Å². The molecule has 0 saturated heterocycles. The van der Waals surface area contributed by atoms with Crippen LogP contribution in [0.1, 0.15) is 29.8 Å². The van der Waals surface area contributed by atoms with Crippen molar-refractivity contribution in [1.29, 1.82) is 0 Å². The lowest BCUT2D eigenvalue weighted by molar-refractivity contribution is 0.0526. The molecular formula is C17H17IO2S. The van der Waals surface area contributed by atoms with Gasteiger partial charge >= 0.3 is 5.97 Å². The molecule has 0 spiro atoms. The fourth-order valence-corrected chi connectivity index (χ4v) is 3.49. The summed E-state index contributed by atoms with van der Waals surface area (Å²) in [5, 5.41) is 0. The molecule has 0 N–H and O–H groups in total. The molecule has 21 heavy (non-hydrogen) atoms. The first kappa shape index (κ1) is 16.4. The molecule has 2 nitrogen and oxygen atoms in total. The monoisotopic (exact) mass is 412 g/mol. The molecule has 0 heterocycles. The summed E-state index contributed by atoms with van der Waals surface area (Å²) in [5.41, 5.74) is 1.96. The highest BCUT2D eigenvalue weighted by molar-refractivity contribution is 14.1. The molecule has 110 valence electrons. The van der Waals surface area contributed by atoms with Gasteiger partial charge in [0.15, 0.2) is 0 Å². The van der Waals surface area contributed by atoms with E-state index < -0.39 is 0 Å². The van der Waals surface area contributed by atoms with Crippen LogP contribution in [0.3, 0.4) is 0 Å². The number of hydrogen-bond acceptors (Lipinski definition) is 3. The van der Waals surface area contributed by atoms with E-state index >= 15 is 0 Å².